The second-order valence-corrected chi connectivity index (χ2v) is 3.42. The van der Waals surface area contributed by atoms with Gasteiger partial charge in [-0.05, 0) is 25.8 Å². The van der Waals surface area contributed by atoms with Crippen molar-refractivity contribution in [3.8, 4) is 0 Å². The second kappa shape index (κ2) is 5.97. The summed E-state index contributed by atoms with van der Waals surface area (Å²) >= 11 is 0. The molecule has 0 saturated carbocycles. The molecule has 3 nitrogen and oxygen atoms in total. The lowest BCUT2D eigenvalue weighted by molar-refractivity contribution is -0.145. The first-order chi connectivity index (χ1) is 6.13. The molecule has 0 aliphatic rings. The average Bonchev–Trinajstić information content (AvgIpc) is 2.12. The van der Waals surface area contributed by atoms with Gasteiger partial charge in [0.25, 0.3) is 0 Å². The molecule has 3 heteroatoms. The highest BCUT2D eigenvalue weighted by atomic mass is 16.4. The van der Waals surface area contributed by atoms with Crippen LogP contribution in [0.1, 0.15) is 46.5 Å². The molecule has 1 unspecified atom stereocenters. The van der Waals surface area contributed by atoms with Crippen molar-refractivity contribution in [3.05, 3.63) is 0 Å². The minimum atomic E-state index is -0.717. The molecule has 2 N–H and O–H groups in total. The predicted molar refractivity (Wildman–Crippen MR) is 53.9 cm³/mol. The zero-order valence-electron chi connectivity index (χ0n) is 8.89. The van der Waals surface area contributed by atoms with Gasteiger partial charge in [-0.15, -0.1) is 0 Å². The van der Waals surface area contributed by atoms with E-state index in [0.29, 0.717) is 12.8 Å². The van der Waals surface area contributed by atoms with Crippen molar-refractivity contribution in [2.75, 3.05) is 6.54 Å². The second-order valence-electron chi connectivity index (χ2n) is 3.42. The molecule has 0 rings (SSSR count). The zero-order chi connectivity index (χ0) is 10.3. The third kappa shape index (κ3) is 3.35. The van der Waals surface area contributed by atoms with Gasteiger partial charge in [0.2, 0.25) is 0 Å². The summed E-state index contributed by atoms with van der Waals surface area (Å²) < 4.78 is 0. The maximum absolute atomic E-state index is 11.1. The predicted octanol–water partition coefficient (Wildman–Crippen LogP) is 2.02. The van der Waals surface area contributed by atoms with Crippen molar-refractivity contribution in [1.82, 2.24) is 5.32 Å². The molecule has 0 fully saturated rings. The Hall–Kier alpha value is -0.570. The van der Waals surface area contributed by atoms with Gasteiger partial charge in [0.15, 0.2) is 0 Å². The highest BCUT2D eigenvalue weighted by Crippen LogP contribution is 2.17. The van der Waals surface area contributed by atoms with E-state index >= 15 is 0 Å². The van der Waals surface area contributed by atoms with Gasteiger partial charge in [-0.1, -0.05) is 27.2 Å². The number of carboxylic acids is 1. The van der Waals surface area contributed by atoms with Gasteiger partial charge in [0.05, 0.1) is 0 Å². The summed E-state index contributed by atoms with van der Waals surface area (Å²) in [6, 6.07) is 0. The molecule has 0 aromatic carbocycles. The first kappa shape index (κ1) is 12.4. The van der Waals surface area contributed by atoms with E-state index in [-0.39, 0.29) is 0 Å². The van der Waals surface area contributed by atoms with Crippen LogP contribution in [0.25, 0.3) is 0 Å². The molecular formula is C10H21NO2. The highest BCUT2D eigenvalue weighted by molar-refractivity contribution is 5.78. The van der Waals surface area contributed by atoms with Crippen LogP contribution in [0.4, 0.5) is 0 Å². The van der Waals surface area contributed by atoms with E-state index < -0.39 is 11.5 Å². The van der Waals surface area contributed by atoms with Gasteiger partial charge in [-0.2, -0.15) is 0 Å². The summed E-state index contributed by atoms with van der Waals surface area (Å²) in [5.74, 6) is -0.717. The van der Waals surface area contributed by atoms with E-state index in [1.54, 1.807) is 0 Å². The summed E-state index contributed by atoms with van der Waals surface area (Å²) in [5.41, 5.74) is -0.690. The van der Waals surface area contributed by atoms with Crippen LogP contribution >= 0.6 is 0 Å². The van der Waals surface area contributed by atoms with Gasteiger partial charge < -0.3 is 10.4 Å². The van der Waals surface area contributed by atoms with Crippen LogP contribution in [0.2, 0.25) is 0 Å². The topological polar surface area (TPSA) is 49.3 Å². The molecule has 0 heterocycles. The Morgan fingerprint density at radius 1 is 1.31 bits per heavy atom. The molecule has 0 spiro atoms. The number of nitrogens with one attached hydrogen (secondary N) is 1. The molecule has 0 amide bonds. The lowest BCUT2D eigenvalue weighted by Gasteiger charge is -2.29. The molecular weight excluding hydrogens is 166 g/mol. The zero-order valence-corrected chi connectivity index (χ0v) is 8.89. The number of carboxylic acid groups (broad SMARTS) is 1. The maximum atomic E-state index is 11.1. The molecule has 0 aliphatic carbocycles. The quantitative estimate of drug-likeness (QED) is 0.641. The smallest absolute Gasteiger partial charge is 0.323 e. The van der Waals surface area contributed by atoms with E-state index in [4.69, 9.17) is 5.11 Å². The fraction of sp³-hybridized carbons (Fsp3) is 0.900. The average molecular weight is 187 g/mol. The molecule has 13 heavy (non-hydrogen) atoms. The number of hydrogen-bond donors (Lipinski definition) is 2. The van der Waals surface area contributed by atoms with Crippen molar-refractivity contribution in [2.45, 2.75) is 52.0 Å². The van der Waals surface area contributed by atoms with Crippen molar-refractivity contribution < 1.29 is 9.90 Å². The fourth-order valence-corrected chi connectivity index (χ4v) is 1.51. The fourth-order valence-electron chi connectivity index (χ4n) is 1.51. The van der Waals surface area contributed by atoms with Crippen LogP contribution in [0.15, 0.2) is 0 Å². The summed E-state index contributed by atoms with van der Waals surface area (Å²) in [4.78, 5) is 11.1. The van der Waals surface area contributed by atoms with Crippen molar-refractivity contribution in [3.63, 3.8) is 0 Å². The first-order valence-electron chi connectivity index (χ1n) is 5.11. The molecule has 0 aromatic heterocycles. The van der Waals surface area contributed by atoms with E-state index in [1.807, 2.05) is 20.8 Å². The minimum absolute atomic E-state index is 0.649. The van der Waals surface area contributed by atoms with E-state index in [9.17, 15) is 4.79 Å². The molecule has 0 radical (unpaired) electrons. The summed E-state index contributed by atoms with van der Waals surface area (Å²) in [5, 5.41) is 12.3. The van der Waals surface area contributed by atoms with Crippen LogP contribution in [-0.4, -0.2) is 23.2 Å². The standard InChI is InChI=1S/C10H21NO2/c1-4-7-10(6-3,9(12)13)11-8-5-2/h11H,4-8H2,1-3H3,(H,12,13). The molecule has 78 valence electrons. The summed E-state index contributed by atoms with van der Waals surface area (Å²) in [7, 11) is 0. The number of carbonyl (C=O) groups is 1. The molecule has 0 aromatic rings. The number of rotatable bonds is 7. The Balaban J connectivity index is 4.35. The van der Waals surface area contributed by atoms with Gasteiger partial charge in [-0.3, -0.25) is 4.79 Å². The van der Waals surface area contributed by atoms with Gasteiger partial charge in [0.1, 0.15) is 5.54 Å². The molecule has 1 atom stereocenters. The monoisotopic (exact) mass is 187 g/mol. The Morgan fingerprint density at radius 2 is 1.92 bits per heavy atom. The van der Waals surface area contributed by atoms with Gasteiger partial charge in [-0.25, -0.2) is 0 Å². The van der Waals surface area contributed by atoms with Crippen LogP contribution in [0.3, 0.4) is 0 Å². The van der Waals surface area contributed by atoms with E-state index in [1.165, 1.54) is 0 Å². The van der Waals surface area contributed by atoms with Gasteiger partial charge >= 0.3 is 5.97 Å². The summed E-state index contributed by atoms with van der Waals surface area (Å²) in [6.45, 7) is 6.76. The van der Waals surface area contributed by atoms with Crippen LogP contribution in [0.5, 0.6) is 0 Å². The number of aliphatic carboxylic acids is 1. The Kier molecular flexibility index (Phi) is 5.71. The van der Waals surface area contributed by atoms with Crippen LogP contribution in [-0.2, 0) is 4.79 Å². The SMILES string of the molecule is CCCNC(CC)(CCC)C(=O)O. The van der Waals surface area contributed by atoms with Crippen LogP contribution < -0.4 is 5.32 Å². The van der Waals surface area contributed by atoms with Crippen molar-refractivity contribution in [1.29, 1.82) is 0 Å². The van der Waals surface area contributed by atoms with Crippen molar-refractivity contribution in [2.24, 2.45) is 0 Å². The Morgan fingerprint density at radius 3 is 2.23 bits per heavy atom. The molecule has 0 bridgehead atoms. The van der Waals surface area contributed by atoms with E-state index in [2.05, 4.69) is 5.32 Å². The lowest BCUT2D eigenvalue weighted by Crippen LogP contribution is -2.51. The number of hydrogen-bond acceptors (Lipinski definition) is 2. The van der Waals surface area contributed by atoms with Crippen LogP contribution in [0, 0.1) is 0 Å². The van der Waals surface area contributed by atoms with Crippen molar-refractivity contribution >= 4 is 5.97 Å². The molecule has 0 aliphatic heterocycles. The molecule has 0 saturated heterocycles. The maximum Gasteiger partial charge on any atom is 0.323 e. The highest BCUT2D eigenvalue weighted by Gasteiger charge is 2.34. The normalized spacial score (nSPS) is 15.3. The Bertz CT molecular complexity index is 159. The lowest BCUT2D eigenvalue weighted by atomic mass is 9.90. The third-order valence-corrected chi connectivity index (χ3v) is 2.40. The largest absolute Gasteiger partial charge is 0.480 e. The minimum Gasteiger partial charge on any atom is -0.480 e. The van der Waals surface area contributed by atoms with Gasteiger partial charge in [0, 0.05) is 0 Å². The first-order valence-corrected chi connectivity index (χ1v) is 5.11. The third-order valence-electron chi connectivity index (χ3n) is 2.40. The Labute approximate surface area is 80.5 Å². The summed E-state index contributed by atoms with van der Waals surface area (Å²) in [6.07, 6.45) is 3.23. The van der Waals surface area contributed by atoms with E-state index in [0.717, 1.165) is 19.4 Å².